The van der Waals surface area contributed by atoms with Gasteiger partial charge in [0.1, 0.15) is 6.04 Å². The Morgan fingerprint density at radius 2 is 1.89 bits per heavy atom. The maximum Gasteiger partial charge on any atom is 1.00 e. The van der Waals surface area contributed by atoms with Crippen molar-refractivity contribution in [3.63, 3.8) is 0 Å². The summed E-state index contributed by atoms with van der Waals surface area (Å²) in [5.74, 6) is -2.10. The third-order valence-corrected chi connectivity index (χ3v) is 1.82. The van der Waals surface area contributed by atoms with Crippen molar-refractivity contribution in [2.24, 2.45) is 11.5 Å². The number of carboxylic acids is 2. The molecule has 0 aromatic heterocycles. The van der Waals surface area contributed by atoms with E-state index in [0.29, 0.717) is 13.0 Å². The van der Waals surface area contributed by atoms with Crippen LogP contribution in [0.2, 0.25) is 0 Å². The van der Waals surface area contributed by atoms with Gasteiger partial charge in [-0.05, 0) is 32.4 Å². The van der Waals surface area contributed by atoms with Gasteiger partial charge in [0.05, 0.1) is 5.97 Å². The van der Waals surface area contributed by atoms with Crippen LogP contribution < -0.4 is 68.0 Å². The van der Waals surface area contributed by atoms with E-state index in [4.69, 9.17) is 16.6 Å². The van der Waals surface area contributed by atoms with E-state index in [9.17, 15) is 14.7 Å². The van der Waals surface area contributed by atoms with E-state index in [1.165, 1.54) is 6.08 Å². The Morgan fingerprint density at radius 3 is 2.26 bits per heavy atom. The van der Waals surface area contributed by atoms with Crippen LogP contribution in [0.3, 0.4) is 0 Å². The summed E-state index contributed by atoms with van der Waals surface area (Å²) in [4.78, 5) is 19.8. The standard InChI is InChI=1S/C6H14N2O2.C6H8O2.K/c7-4-2-1-3-5(8)6(9)10;1-2-3-4-5-6(7)8;/h5H,1-4,7-8H2,(H,9,10);2-5H,1H3,(H,7,8);/q;;+1/p-1/b;3-2+,5-4+;. The number of carbonyl (C=O) groups excluding carboxylic acids is 1. The number of rotatable bonds is 7. The fourth-order valence-corrected chi connectivity index (χ4v) is 0.877. The van der Waals surface area contributed by atoms with Crippen molar-refractivity contribution in [3.8, 4) is 0 Å². The Bertz CT molecular complexity index is 293. The molecule has 1 atom stereocenters. The Hall–Kier alpha value is -0.0236. The first kappa shape index (κ1) is 24.0. The number of hydrogen-bond acceptors (Lipinski definition) is 5. The predicted octanol–water partition coefficient (Wildman–Crippen LogP) is -3.60. The molecule has 6 nitrogen and oxygen atoms in total. The van der Waals surface area contributed by atoms with E-state index >= 15 is 0 Å². The van der Waals surface area contributed by atoms with Crippen molar-refractivity contribution < 1.29 is 71.2 Å². The summed E-state index contributed by atoms with van der Waals surface area (Å²) in [5.41, 5.74) is 10.4. The molecular formula is C12H21KN2O4. The maximum absolute atomic E-state index is 10.1. The fourth-order valence-electron chi connectivity index (χ4n) is 0.877. The molecule has 1 unspecified atom stereocenters. The van der Waals surface area contributed by atoms with Gasteiger partial charge in [-0.3, -0.25) is 4.79 Å². The normalized spacial score (nSPS) is 11.5. The predicted molar refractivity (Wildman–Crippen MR) is 67.5 cm³/mol. The second-order valence-electron chi connectivity index (χ2n) is 3.43. The van der Waals surface area contributed by atoms with E-state index in [-0.39, 0.29) is 51.4 Å². The molecule has 0 amide bonds. The van der Waals surface area contributed by atoms with E-state index in [2.05, 4.69) is 0 Å². The zero-order chi connectivity index (χ0) is 14.4. The molecule has 19 heavy (non-hydrogen) atoms. The molecular weight excluding hydrogens is 275 g/mol. The number of nitrogens with two attached hydrogens (primary N) is 2. The van der Waals surface area contributed by atoms with Crippen LogP contribution >= 0.6 is 0 Å². The third kappa shape index (κ3) is 23.5. The number of hydrogen-bond donors (Lipinski definition) is 3. The van der Waals surface area contributed by atoms with E-state index in [1.807, 2.05) is 0 Å². The van der Waals surface area contributed by atoms with E-state index < -0.39 is 18.0 Å². The minimum absolute atomic E-state index is 0. The maximum atomic E-state index is 10.1. The largest absolute Gasteiger partial charge is 1.00 e. The molecule has 0 rings (SSSR count). The van der Waals surface area contributed by atoms with Crippen molar-refractivity contribution in [2.45, 2.75) is 32.2 Å². The van der Waals surface area contributed by atoms with Crippen molar-refractivity contribution in [1.29, 1.82) is 0 Å². The van der Waals surface area contributed by atoms with Gasteiger partial charge < -0.3 is 26.5 Å². The van der Waals surface area contributed by atoms with Crippen molar-refractivity contribution in [3.05, 3.63) is 24.3 Å². The monoisotopic (exact) mass is 296 g/mol. The SMILES string of the molecule is C/C=C/C=C/C(=O)[O-].NCCCCC(N)C(=O)O.[K+]. The van der Waals surface area contributed by atoms with E-state index in [0.717, 1.165) is 18.9 Å². The summed E-state index contributed by atoms with van der Waals surface area (Å²) < 4.78 is 0. The molecule has 0 heterocycles. The van der Waals surface area contributed by atoms with E-state index in [1.54, 1.807) is 19.1 Å². The summed E-state index contributed by atoms with van der Waals surface area (Å²) in [6.45, 7) is 2.41. The molecule has 0 aliphatic rings. The van der Waals surface area contributed by atoms with Crippen LogP contribution in [0.15, 0.2) is 24.3 Å². The third-order valence-electron chi connectivity index (χ3n) is 1.82. The van der Waals surface area contributed by atoms with Gasteiger partial charge in [0.2, 0.25) is 0 Å². The van der Waals surface area contributed by atoms with Crippen LogP contribution in [0, 0.1) is 0 Å². The number of unbranched alkanes of at least 4 members (excludes halogenated alkanes) is 1. The Labute approximate surface area is 156 Å². The first-order valence-electron chi connectivity index (χ1n) is 5.64. The molecule has 0 radical (unpaired) electrons. The van der Waals surface area contributed by atoms with Crippen molar-refractivity contribution in [2.75, 3.05) is 6.54 Å². The summed E-state index contributed by atoms with van der Waals surface area (Å²) in [6.07, 6.45) is 7.90. The quantitative estimate of drug-likeness (QED) is 0.193. The number of carbonyl (C=O) groups is 2. The van der Waals surface area contributed by atoms with Gasteiger partial charge >= 0.3 is 57.4 Å². The van der Waals surface area contributed by atoms with Gasteiger partial charge in [-0.25, -0.2) is 0 Å². The molecule has 104 valence electrons. The molecule has 0 spiro atoms. The van der Waals surface area contributed by atoms with Gasteiger partial charge in [-0.15, -0.1) is 0 Å². The molecule has 5 N–H and O–H groups in total. The summed E-state index contributed by atoms with van der Waals surface area (Å²) in [7, 11) is 0. The average Bonchev–Trinajstić information content (AvgIpc) is 2.30. The van der Waals surface area contributed by atoms with Crippen LogP contribution in [0.1, 0.15) is 26.2 Å². The van der Waals surface area contributed by atoms with Crippen LogP contribution in [0.5, 0.6) is 0 Å². The minimum Gasteiger partial charge on any atom is -0.545 e. The zero-order valence-electron chi connectivity index (χ0n) is 11.5. The fraction of sp³-hybridized carbons (Fsp3) is 0.500. The summed E-state index contributed by atoms with van der Waals surface area (Å²) >= 11 is 0. The Morgan fingerprint density at radius 1 is 1.32 bits per heavy atom. The molecule has 0 fully saturated rings. The molecule has 7 heteroatoms. The molecule has 0 saturated heterocycles. The average molecular weight is 296 g/mol. The second-order valence-corrected chi connectivity index (χ2v) is 3.43. The number of allylic oxidation sites excluding steroid dienone is 3. The second kappa shape index (κ2) is 18.0. The zero-order valence-corrected chi connectivity index (χ0v) is 14.7. The van der Waals surface area contributed by atoms with Crippen LogP contribution in [-0.4, -0.2) is 29.6 Å². The van der Waals surface area contributed by atoms with Crippen molar-refractivity contribution in [1.82, 2.24) is 0 Å². The molecule has 0 aliphatic heterocycles. The molecule has 0 bridgehead atoms. The van der Waals surface area contributed by atoms with Crippen LogP contribution in [0.4, 0.5) is 0 Å². The smallest absolute Gasteiger partial charge is 0.545 e. The first-order valence-corrected chi connectivity index (χ1v) is 5.64. The minimum atomic E-state index is -1.16. The van der Waals surface area contributed by atoms with Gasteiger partial charge in [-0.1, -0.05) is 24.6 Å². The van der Waals surface area contributed by atoms with Crippen LogP contribution in [0.25, 0.3) is 0 Å². The topological polar surface area (TPSA) is 129 Å². The Kier molecular flexibility index (Phi) is 22.7. The van der Waals surface area contributed by atoms with Gasteiger partial charge in [-0.2, -0.15) is 0 Å². The molecule has 0 aromatic carbocycles. The van der Waals surface area contributed by atoms with Crippen molar-refractivity contribution >= 4 is 11.9 Å². The summed E-state index contributed by atoms with van der Waals surface area (Å²) in [5, 5.41) is 18.0. The van der Waals surface area contributed by atoms with Crippen LogP contribution in [-0.2, 0) is 9.59 Å². The van der Waals surface area contributed by atoms with Gasteiger partial charge in [0.15, 0.2) is 0 Å². The number of carboxylic acid groups (broad SMARTS) is 2. The Balaban J connectivity index is -0.000000262. The first-order chi connectivity index (χ1) is 8.45. The molecule has 0 aliphatic carbocycles. The number of aliphatic carboxylic acids is 2. The van der Waals surface area contributed by atoms with Gasteiger partial charge in [0.25, 0.3) is 0 Å². The summed E-state index contributed by atoms with van der Waals surface area (Å²) in [6, 6.07) is -0.716. The van der Waals surface area contributed by atoms with Gasteiger partial charge in [0, 0.05) is 0 Å². The molecule has 0 aromatic rings. The molecule has 0 saturated carbocycles.